The number of carbonyl (C=O) groups is 2. The molecular weight excluding hydrogens is 256 g/mol. The SMILES string of the molecule is CCO.Cc1ccc(C(=O)NCC(N)=O)cc1Cl. The van der Waals surface area contributed by atoms with E-state index in [9.17, 15) is 9.59 Å². The lowest BCUT2D eigenvalue weighted by atomic mass is 10.1. The molecule has 4 N–H and O–H groups in total. The van der Waals surface area contributed by atoms with Crippen molar-refractivity contribution < 1.29 is 14.7 Å². The summed E-state index contributed by atoms with van der Waals surface area (Å²) >= 11 is 5.85. The fraction of sp³-hybridized carbons (Fsp3) is 0.333. The molecule has 2 amide bonds. The summed E-state index contributed by atoms with van der Waals surface area (Å²) in [5, 5.41) is 10.5. The predicted octanol–water partition coefficient (Wildman–Crippen LogP) is 0.862. The number of rotatable bonds is 3. The maximum absolute atomic E-state index is 11.4. The van der Waals surface area contributed by atoms with Crippen molar-refractivity contribution in [3.63, 3.8) is 0 Å². The summed E-state index contributed by atoms with van der Waals surface area (Å²) in [6, 6.07) is 4.92. The van der Waals surface area contributed by atoms with Crippen LogP contribution < -0.4 is 11.1 Å². The topological polar surface area (TPSA) is 92.4 Å². The van der Waals surface area contributed by atoms with Crippen LogP contribution in [0.25, 0.3) is 0 Å². The molecule has 0 spiro atoms. The van der Waals surface area contributed by atoms with E-state index in [0.29, 0.717) is 10.6 Å². The molecule has 0 saturated carbocycles. The molecule has 18 heavy (non-hydrogen) atoms. The van der Waals surface area contributed by atoms with Crippen molar-refractivity contribution in [2.45, 2.75) is 13.8 Å². The average Bonchev–Trinajstić information content (AvgIpc) is 2.30. The molecule has 0 atom stereocenters. The number of carbonyl (C=O) groups excluding carboxylic acids is 2. The van der Waals surface area contributed by atoms with Crippen LogP contribution in [0, 0.1) is 6.92 Å². The molecule has 0 aliphatic carbocycles. The highest BCUT2D eigenvalue weighted by Gasteiger charge is 2.07. The molecule has 0 heterocycles. The average molecular weight is 273 g/mol. The summed E-state index contributed by atoms with van der Waals surface area (Å²) < 4.78 is 0. The van der Waals surface area contributed by atoms with E-state index in [0.717, 1.165) is 5.56 Å². The van der Waals surface area contributed by atoms with Gasteiger partial charge < -0.3 is 16.2 Å². The van der Waals surface area contributed by atoms with Crippen molar-refractivity contribution in [2.75, 3.05) is 13.2 Å². The molecule has 0 radical (unpaired) electrons. The van der Waals surface area contributed by atoms with Crippen molar-refractivity contribution in [2.24, 2.45) is 5.73 Å². The molecule has 0 unspecified atom stereocenters. The number of aryl methyl sites for hydroxylation is 1. The first-order valence-electron chi connectivity index (χ1n) is 5.35. The molecule has 5 nitrogen and oxygen atoms in total. The summed E-state index contributed by atoms with van der Waals surface area (Å²) in [6.07, 6.45) is 0. The number of hydrogen-bond donors (Lipinski definition) is 3. The van der Waals surface area contributed by atoms with Gasteiger partial charge >= 0.3 is 0 Å². The van der Waals surface area contributed by atoms with Gasteiger partial charge in [0.15, 0.2) is 0 Å². The van der Waals surface area contributed by atoms with Gasteiger partial charge in [-0.2, -0.15) is 0 Å². The van der Waals surface area contributed by atoms with Gasteiger partial charge in [-0.05, 0) is 31.5 Å². The van der Waals surface area contributed by atoms with Crippen molar-refractivity contribution in [1.29, 1.82) is 0 Å². The Hall–Kier alpha value is -1.59. The largest absolute Gasteiger partial charge is 0.397 e. The van der Waals surface area contributed by atoms with Gasteiger partial charge in [0, 0.05) is 17.2 Å². The maximum Gasteiger partial charge on any atom is 0.251 e. The Labute approximate surface area is 111 Å². The van der Waals surface area contributed by atoms with Crippen LogP contribution in [0.2, 0.25) is 5.02 Å². The van der Waals surface area contributed by atoms with E-state index >= 15 is 0 Å². The molecule has 6 heteroatoms. The first-order valence-corrected chi connectivity index (χ1v) is 5.73. The monoisotopic (exact) mass is 272 g/mol. The molecule has 1 rings (SSSR count). The fourth-order valence-electron chi connectivity index (χ4n) is 1.00. The number of halogens is 1. The molecule has 0 saturated heterocycles. The Morgan fingerprint density at radius 2 is 2.00 bits per heavy atom. The normalized spacial score (nSPS) is 9.11. The van der Waals surface area contributed by atoms with Crippen LogP contribution in [0.1, 0.15) is 22.8 Å². The molecule has 0 aromatic heterocycles. The highest BCUT2D eigenvalue weighted by molar-refractivity contribution is 6.31. The first kappa shape index (κ1) is 16.4. The Kier molecular flexibility index (Phi) is 7.74. The maximum atomic E-state index is 11.4. The number of aliphatic hydroxyl groups excluding tert-OH is 1. The highest BCUT2D eigenvalue weighted by atomic mass is 35.5. The van der Waals surface area contributed by atoms with Crippen LogP contribution in [0.5, 0.6) is 0 Å². The standard InChI is InChI=1S/C10H11ClN2O2.C2H6O/c1-6-2-3-7(4-8(6)11)10(15)13-5-9(12)14;1-2-3/h2-4H,5H2,1H3,(H2,12,14)(H,13,15);3H,2H2,1H3. The minimum absolute atomic E-state index is 0.176. The minimum Gasteiger partial charge on any atom is -0.397 e. The van der Waals surface area contributed by atoms with Crippen LogP contribution >= 0.6 is 11.6 Å². The number of hydrogen-bond acceptors (Lipinski definition) is 3. The van der Waals surface area contributed by atoms with E-state index in [1.165, 1.54) is 0 Å². The van der Waals surface area contributed by atoms with E-state index in [1.54, 1.807) is 25.1 Å². The molecule has 0 aliphatic rings. The Bertz CT molecular complexity index is 422. The zero-order chi connectivity index (χ0) is 14.1. The van der Waals surface area contributed by atoms with Crippen molar-refractivity contribution in [1.82, 2.24) is 5.32 Å². The number of nitrogens with two attached hydrogens (primary N) is 1. The second-order valence-corrected chi connectivity index (χ2v) is 3.84. The smallest absolute Gasteiger partial charge is 0.251 e. The zero-order valence-corrected chi connectivity index (χ0v) is 11.1. The van der Waals surface area contributed by atoms with Gasteiger partial charge in [-0.1, -0.05) is 17.7 Å². The van der Waals surface area contributed by atoms with E-state index in [-0.39, 0.29) is 19.1 Å². The number of aliphatic hydroxyl groups is 1. The molecule has 0 fully saturated rings. The van der Waals surface area contributed by atoms with Crippen molar-refractivity contribution in [3.8, 4) is 0 Å². The summed E-state index contributed by atoms with van der Waals surface area (Å²) in [5.74, 6) is -0.947. The van der Waals surface area contributed by atoms with E-state index in [4.69, 9.17) is 22.4 Å². The van der Waals surface area contributed by atoms with Crippen LogP contribution in [0.15, 0.2) is 18.2 Å². The fourth-order valence-corrected chi connectivity index (χ4v) is 1.18. The lowest BCUT2D eigenvalue weighted by Gasteiger charge is -2.04. The molecule has 0 bridgehead atoms. The van der Waals surface area contributed by atoms with E-state index < -0.39 is 5.91 Å². The van der Waals surface area contributed by atoms with Crippen LogP contribution in [0.3, 0.4) is 0 Å². The Balaban J connectivity index is 0.000000873. The van der Waals surface area contributed by atoms with Gasteiger partial charge in [-0.15, -0.1) is 0 Å². The number of benzene rings is 1. The molecule has 1 aromatic carbocycles. The van der Waals surface area contributed by atoms with Crippen LogP contribution in [-0.4, -0.2) is 30.1 Å². The third kappa shape index (κ3) is 6.22. The van der Waals surface area contributed by atoms with Gasteiger partial charge in [0.25, 0.3) is 5.91 Å². The van der Waals surface area contributed by atoms with E-state index in [1.807, 2.05) is 6.92 Å². The quantitative estimate of drug-likeness (QED) is 0.762. The zero-order valence-electron chi connectivity index (χ0n) is 10.4. The number of amides is 2. The Morgan fingerprint density at radius 1 is 1.44 bits per heavy atom. The summed E-state index contributed by atoms with van der Waals surface area (Å²) in [5.41, 5.74) is 6.19. The summed E-state index contributed by atoms with van der Waals surface area (Å²) in [7, 11) is 0. The molecule has 0 aliphatic heterocycles. The van der Waals surface area contributed by atoms with E-state index in [2.05, 4.69) is 5.32 Å². The lowest BCUT2D eigenvalue weighted by Crippen LogP contribution is -2.33. The second-order valence-electron chi connectivity index (χ2n) is 3.43. The molecular formula is C12H17ClN2O3. The van der Waals surface area contributed by atoms with Crippen molar-refractivity contribution >= 4 is 23.4 Å². The number of nitrogens with one attached hydrogen (secondary N) is 1. The molecule has 1 aromatic rings. The predicted molar refractivity (Wildman–Crippen MR) is 70.5 cm³/mol. The third-order valence-corrected chi connectivity index (χ3v) is 2.26. The van der Waals surface area contributed by atoms with Gasteiger partial charge in [0.05, 0.1) is 6.54 Å². The first-order chi connectivity index (χ1) is 8.42. The summed E-state index contributed by atoms with van der Waals surface area (Å²) in [4.78, 5) is 21.9. The second kappa shape index (κ2) is 8.49. The minimum atomic E-state index is -0.582. The van der Waals surface area contributed by atoms with Crippen LogP contribution in [-0.2, 0) is 4.79 Å². The van der Waals surface area contributed by atoms with Gasteiger partial charge in [-0.3, -0.25) is 9.59 Å². The Morgan fingerprint density at radius 3 is 2.44 bits per heavy atom. The van der Waals surface area contributed by atoms with Gasteiger partial charge in [0.2, 0.25) is 5.91 Å². The number of primary amides is 1. The summed E-state index contributed by atoms with van der Waals surface area (Å²) in [6.45, 7) is 3.59. The highest BCUT2D eigenvalue weighted by Crippen LogP contribution is 2.16. The van der Waals surface area contributed by atoms with Gasteiger partial charge in [0.1, 0.15) is 0 Å². The lowest BCUT2D eigenvalue weighted by molar-refractivity contribution is -0.117. The third-order valence-electron chi connectivity index (χ3n) is 1.86. The molecule has 100 valence electrons. The van der Waals surface area contributed by atoms with Crippen LogP contribution in [0.4, 0.5) is 0 Å². The van der Waals surface area contributed by atoms with Crippen molar-refractivity contribution in [3.05, 3.63) is 34.3 Å². The van der Waals surface area contributed by atoms with Gasteiger partial charge in [-0.25, -0.2) is 0 Å².